The van der Waals surface area contributed by atoms with Gasteiger partial charge in [-0.3, -0.25) is 4.79 Å². The zero-order valence-electron chi connectivity index (χ0n) is 7.69. The minimum atomic E-state index is -0.654. The minimum absolute atomic E-state index is 0.258. The van der Waals surface area contributed by atoms with E-state index in [1.807, 2.05) is 6.08 Å². The van der Waals surface area contributed by atoms with Crippen LogP contribution in [0.3, 0.4) is 0 Å². The van der Waals surface area contributed by atoms with Gasteiger partial charge in [-0.1, -0.05) is 12.2 Å². The van der Waals surface area contributed by atoms with E-state index < -0.39 is 11.5 Å². The first-order valence-corrected chi connectivity index (χ1v) is 4.64. The second kappa shape index (κ2) is 2.84. The number of hydrogen-bond donors (Lipinski definition) is 1. The van der Waals surface area contributed by atoms with Gasteiger partial charge in [0.05, 0.1) is 18.6 Å². The molecule has 0 heterocycles. The molecular formula is C10H14O3. The number of carbonyl (C=O) groups excluding carboxylic acids is 1. The smallest absolute Gasteiger partial charge is 0.314 e. The first-order valence-electron chi connectivity index (χ1n) is 4.64. The van der Waals surface area contributed by atoms with Crippen LogP contribution in [0.1, 0.15) is 19.3 Å². The fraction of sp³-hybridized carbons (Fsp3) is 0.700. The third-order valence-electron chi connectivity index (χ3n) is 3.31. The van der Waals surface area contributed by atoms with Crippen molar-refractivity contribution in [2.45, 2.75) is 25.4 Å². The number of hydrogen-bond acceptors (Lipinski definition) is 3. The van der Waals surface area contributed by atoms with Crippen LogP contribution in [-0.4, -0.2) is 24.3 Å². The fourth-order valence-corrected chi connectivity index (χ4v) is 2.50. The van der Waals surface area contributed by atoms with Crippen LogP contribution >= 0.6 is 0 Å². The fourth-order valence-electron chi connectivity index (χ4n) is 2.50. The van der Waals surface area contributed by atoms with Crippen LogP contribution in [0.25, 0.3) is 0 Å². The molecule has 0 aromatic rings. The molecule has 1 N–H and O–H groups in total. The number of allylic oxidation sites excluding steroid dienone is 1. The molecule has 2 rings (SSSR count). The summed E-state index contributed by atoms with van der Waals surface area (Å²) in [6, 6.07) is 0. The lowest BCUT2D eigenvalue weighted by Crippen LogP contribution is -2.41. The van der Waals surface area contributed by atoms with Gasteiger partial charge in [0.15, 0.2) is 0 Å². The van der Waals surface area contributed by atoms with E-state index in [4.69, 9.17) is 4.74 Å². The minimum Gasteiger partial charge on any atom is -0.469 e. The average molecular weight is 182 g/mol. The van der Waals surface area contributed by atoms with Gasteiger partial charge in [-0.2, -0.15) is 0 Å². The van der Waals surface area contributed by atoms with Gasteiger partial charge in [0.25, 0.3) is 0 Å². The summed E-state index contributed by atoms with van der Waals surface area (Å²) in [5.41, 5.74) is -0.631. The maximum atomic E-state index is 11.5. The molecule has 0 aromatic carbocycles. The second-order valence-corrected chi connectivity index (χ2v) is 3.98. The van der Waals surface area contributed by atoms with E-state index in [0.29, 0.717) is 5.92 Å². The molecule has 0 aromatic heterocycles. The highest BCUT2D eigenvalue weighted by molar-refractivity contribution is 5.78. The highest BCUT2D eigenvalue weighted by Crippen LogP contribution is 2.49. The molecular weight excluding hydrogens is 168 g/mol. The van der Waals surface area contributed by atoms with Crippen LogP contribution < -0.4 is 0 Å². The van der Waals surface area contributed by atoms with Crippen molar-refractivity contribution in [1.29, 1.82) is 0 Å². The van der Waals surface area contributed by atoms with Crippen LogP contribution in [-0.2, 0) is 9.53 Å². The van der Waals surface area contributed by atoms with Crippen LogP contribution in [0, 0.1) is 11.3 Å². The van der Waals surface area contributed by atoms with Crippen LogP contribution in [0.15, 0.2) is 12.2 Å². The molecule has 0 unspecified atom stereocenters. The Morgan fingerprint density at radius 3 is 3.08 bits per heavy atom. The number of ether oxygens (including phenoxy) is 1. The Morgan fingerprint density at radius 1 is 1.62 bits per heavy atom. The molecule has 0 spiro atoms. The maximum absolute atomic E-state index is 11.5. The summed E-state index contributed by atoms with van der Waals surface area (Å²) in [6.07, 6.45) is 5.58. The summed E-state index contributed by atoms with van der Waals surface area (Å²) in [4.78, 5) is 11.5. The topological polar surface area (TPSA) is 46.5 Å². The van der Waals surface area contributed by atoms with Crippen molar-refractivity contribution in [3.05, 3.63) is 12.2 Å². The number of carbonyl (C=O) groups is 1. The lowest BCUT2D eigenvalue weighted by atomic mass is 9.77. The van der Waals surface area contributed by atoms with Crippen molar-refractivity contribution in [3.8, 4) is 0 Å². The Hall–Kier alpha value is -0.830. The Balaban J connectivity index is 2.30. The van der Waals surface area contributed by atoms with Gasteiger partial charge in [0.1, 0.15) is 0 Å². The molecule has 3 atom stereocenters. The quantitative estimate of drug-likeness (QED) is 0.483. The van der Waals surface area contributed by atoms with Gasteiger partial charge in [-0.15, -0.1) is 0 Å². The highest BCUT2D eigenvalue weighted by Gasteiger charge is 2.52. The molecule has 2 aliphatic carbocycles. The van der Waals surface area contributed by atoms with Crippen molar-refractivity contribution >= 4 is 5.97 Å². The molecule has 1 saturated carbocycles. The number of fused-ring (bicyclic) bond motifs is 2. The zero-order valence-corrected chi connectivity index (χ0v) is 7.69. The molecule has 0 amide bonds. The van der Waals surface area contributed by atoms with Crippen molar-refractivity contribution in [1.82, 2.24) is 0 Å². The summed E-state index contributed by atoms with van der Waals surface area (Å²) >= 11 is 0. The summed E-state index contributed by atoms with van der Waals surface area (Å²) in [5, 5.41) is 9.76. The summed E-state index contributed by atoms with van der Waals surface area (Å²) in [7, 11) is 1.38. The lowest BCUT2D eigenvalue weighted by Gasteiger charge is -2.31. The maximum Gasteiger partial charge on any atom is 0.314 e. The largest absolute Gasteiger partial charge is 0.469 e. The van der Waals surface area contributed by atoms with Crippen LogP contribution in [0.2, 0.25) is 0 Å². The van der Waals surface area contributed by atoms with Gasteiger partial charge in [0.2, 0.25) is 0 Å². The van der Waals surface area contributed by atoms with Gasteiger partial charge in [-0.25, -0.2) is 0 Å². The molecule has 2 aliphatic rings. The van der Waals surface area contributed by atoms with Gasteiger partial charge in [0, 0.05) is 0 Å². The molecule has 0 saturated heterocycles. The molecule has 0 radical (unpaired) electrons. The molecule has 72 valence electrons. The molecule has 3 heteroatoms. The monoisotopic (exact) mass is 182 g/mol. The lowest BCUT2D eigenvalue weighted by molar-refractivity contribution is -0.158. The van der Waals surface area contributed by atoms with Crippen LogP contribution in [0.5, 0.6) is 0 Å². The Morgan fingerprint density at radius 2 is 2.38 bits per heavy atom. The van der Waals surface area contributed by atoms with Crippen molar-refractivity contribution in [2.75, 3.05) is 7.11 Å². The van der Waals surface area contributed by atoms with E-state index in [2.05, 4.69) is 0 Å². The third-order valence-corrected chi connectivity index (χ3v) is 3.31. The number of aliphatic hydroxyl groups excluding tert-OH is 1. The zero-order chi connectivity index (χ0) is 9.47. The average Bonchev–Trinajstić information content (AvgIpc) is 2.52. The van der Waals surface area contributed by atoms with Crippen molar-refractivity contribution < 1.29 is 14.6 Å². The predicted octanol–water partition coefficient (Wildman–Crippen LogP) is 0.877. The standard InChI is InChI=1S/C10H14O3/c1-13-9(12)10-5-4-7(6-10)2-3-8(10)11/h2-3,7-8,11H,4-6H2,1H3/t7-,8+,10-/m1/s1. The third kappa shape index (κ3) is 1.10. The second-order valence-electron chi connectivity index (χ2n) is 3.98. The number of methoxy groups -OCH3 is 1. The van der Waals surface area contributed by atoms with E-state index in [0.717, 1.165) is 19.3 Å². The number of aliphatic hydroxyl groups is 1. The van der Waals surface area contributed by atoms with Crippen LogP contribution in [0.4, 0.5) is 0 Å². The van der Waals surface area contributed by atoms with Gasteiger partial charge < -0.3 is 9.84 Å². The van der Waals surface area contributed by atoms with E-state index in [1.165, 1.54) is 7.11 Å². The van der Waals surface area contributed by atoms with Crippen molar-refractivity contribution in [2.24, 2.45) is 11.3 Å². The molecule has 3 nitrogen and oxygen atoms in total. The molecule has 0 aliphatic heterocycles. The SMILES string of the molecule is COC(=O)[C@@]12CC[C@@H](C=C[C@@H]1O)C2. The summed E-state index contributed by atoms with van der Waals surface area (Å²) < 4.78 is 4.75. The number of esters is 1. The molecule has 2 bridgehead atoms. The van der Waals surface area contributed by atoms with E-state index in [9.17, 15) is 9.90 Å². The summed E-state index contributed by atoms with van der Waals surface area (Å²) in [6.45, 7) is 0. The first kappa shape index (κ1) is 8.75. The van der Waals surface area contributed by atoms with E-state index in [1.54, 1.807) is 6.08 Å². The van der Waals surface area contributed by atoms with Crippen molar-refractivity contribution in [3.63, 3.8) is 0 Å². The Labute approximate surface area is 77.4 Å². The Bertz CT molecular complexity index is 259. The molecule has 13 heavy (non-hydrogen) atoms. The predicted molar refractivity (Wildman–Crippen MR) is 46.9 cm³/mol. The molecule has 1 fully saturated rings. The van der Waals surface area contributed by atoms with E-state index in [-0.39, 0.29) is 5.97 Å². The highest BCUT2D eigenvalue weighted by atomic mass is 16.5. The van der Waals surface area contributed by atoms with Gasteiger partial charge in [-0.05, 0) is 25.2 Å². The number of rotatable bonds is 1. The van der Waals surface area contributed by atoms with Gasteiger partial charge >= 0.3 is 5.97 Å². The normalized spacial score (nSPS) is 42.0. The Kier molecular flexibility index (Phi) is 1.91. The summed E-state index contributed by atoms with van der Waals surface area (Å²) in [5.74, 6) is 0.203. The first-order chi connectivity index (χ1) is 6.19. The van der Waals surface area contributed by atoms with E-state index >= 15 is 0 Å².